The molecule has 1 spiro atoms. The first-order valence-electron chi connectivity index (χ1n) is 9.76. The van der Waals surface area contributed by atoms with E-state index in [0.717, 1.165) is 6.42 Å². The number of ether oxygens (including phenoxy) is 2. The van der Waals surface area contributed by atoms with E-state index in [0.29, 0.717) is 38.1 Å². The first-order valence-corrected chi connectivity index (χ1v) is 11.0. The molecule has 3 unspecified atom stereocenters. The van der Waals surface area contributed by atoms with Gasteiger partial charge in [0.25, 0.3) is 0 Å². The van der Waals surface area contributed by atoms with Gasteiger partial charge in [0, 0.05) is 5.92 Å². The van der Waals surface area contributed by atoms with Crippen molar-refractivity contribution in [2.24, 2.45) is 5.92 Å². The second-order valence-electron chi connectivity index (χ2n) is 7.68. The van der Waals surface area contributed by atoms with Crippen molar-refractivity contribution in [3.05, 3.63) is 46.1 Å². The van der Waals surface area contributed by atoms with Crippen LogP contribution >= 0.6 is 22.6 Å². The molecule has 1 aromatic rings. The minimum absolute atomic E-state index is 0.196. The van der Waals surface area contributed by atoms with E-state index in [1.807, 2.05) is 18.2 Å². The van der Waals surface area contributed by atoms with Crippen LogP contribution in [0.1, 0.15) is 44.1 Å². The van der Waals surface area contributed by atoms with Crippen molar-refractivity contribution < 1.29 is 14.3 Å². The van der Waals surface area contributed by atoms with Crippen LogP contribution in [0.3, 0.4) is 0 Å². The van der Waals surface area contributed by atoms with Crippen LogP contribution in [-0.2, 0) is 20.9 Å². The molecule has 2 saturated heterocycles. The van der Waals surface area contributed by atoms with Gasteiger partial charge >= 0.3 is 0 Å². The maximum atomic E-state index is 6.44. The molecule has 4 rings (SSSR count). The van der Waals surface area contributed by atoms with Gasteiger partial charge in [-0.2, -0.15) is 5.06 Å². The lowest BCUT2D eigenvalue weighted by Gasteiger charge is -2.47. The molecule has 3 fully saturated rings. The largest absolute Gasteiger partial charge is 0.354 e. The Balaban J connectivity index is 1.30. The van der Waals surface area contributed by atoms with Gasteiger partial charge in [0.15, 0.2) is 0 Å². The minimum atomic E-state index is 0.196. The van der Waals surface area contributed by atoms with Crippen LogP contribution in [0.5, 0.6) is 0 Å². The molecule has 2 bridgehead atoms. The van der Waals surface area contributed by atoms with Gasteiger partial charge in [-0.05, 0) is 48.2 Å². The lowest BCUT2D eigenvalue weighted by Crippen LogP contribution is -2.56. The lowest BCUT2D eigenvalue weighted by atomic mass is 9.67. The highest BCUT2D eigenvalue weighted by atomic mass is 127. The predicted molar refractivity (Wildman–Crippen MR) is 110 cm³/mol. The van der Waals surface area contributed by atoms with Crippen molar-refractivity contribution in [1.82, 2.24) is 5.06 Å². The van der Waals surface area contributed by atoms with E-state index in [4.69, 9.17) is 14.3 Å². The number of piperidine rings is 1. The van der Waals surface area contributed by atoms with E-state index >= 15 is 0 Å². The van der Waals surface area contributed by atoms with Crippen LogP contribution in [0.25, 0.3) is 0 Å². The Morgan fingerprint density at radius 1 is 1.15 bits per heavy atom. The van der Waals surface area contributed by atoms with Crippen LogP contribution in [0.2, 0.25) is 0 Å². The lowest BCUT2D eigenvalue weighted by molar-refractivity contribution is -0.235. The zero-order valence-electron chi connectivity index (χ0n) is 15.2. The van der Waals surface area contributed by atoms with Gasteiger partial charge < -0.3 is 9.47 Å². The van der Waals surface area contributed by atoms with Crippen LogP contribution in [0.4, 0.5) is 0 Å². The number of hydrogen-bond acceptors (Lipinski definition) is 4. The highest BCUT2D eigenvalue weighted by Gasteiger charge is 2.59. The van der Waals surface area contributed by atoms with Gasteiger partial charge in [-0.1, -0.05) is 59.0 Å². The molecule has 0 amide bonds. The molecule has 3 aliphatic rings. The third-order valence-corrected chi connectivity index (χ3v) is 6.57. The van der Waals surface area contributed by atoms with Gasteiger partial charge in [0.2, 0.25) is 0 Å². The number of rotatable bonds is 7. The molecule has 0 radical (unpaired) electrons. The van der Waals surface area contributed by atoms with E-state index in [-0.39, 0.29) is 5.54 Å². The van der Waals surface area contributed by atoms with Crippen LogP contribution in [-0.4, -0.2) is 36.1 Å². The van der Waals surface area contributed by atoms with E-state index in [1.54, 1.807) is 0 Å². The first kappa shape index (κ1) is 18.9. The number of nitrogens with zero attached hydrogens (tertiary/aromatic N) is 1. The average Bonchev–Trinajstić information content (AvgIpc) is 2.84. The summed E-state index contributed by atoms with van der Waals surface area (Å²) in [6.45, 7) is 1.62. The molecule has 4 nitrogen and oxygen atoms in total. The third-order valence-electron chi connectivity index (χ3n) is 6.15. The molecule has 1 aliphatic carbocycles. The first-order chi connectivity index (χ1) is 12.8. The minimum Gasteiger partial charge on any atom is -0.354 e. The fourth-order valence-electron chi connectivity index (χ4n) is 5.05. The molecule has 1 aromatic carbocycles. The van der Waals surface area contributed by atoms with Gasteiger partial charge in [-0.25, -0.2) is 0 Å². The summed E-state index contributed by atoms with van der Waals surface area (Å²) in [4.78, 5) is 6.44. The van der Waals surface area contributed by atoms with Crippen LogP contribution < -0.4 is 0 Å². The molecular weight excluding hydrogens is 441 g/mol. The average molecular weight is 469 g/mol. The van der Waals surface area contributed by atoms with Crippen molar-refractivity contribution in [1.29, 1.82) is 0 Å². The van der Waals surface area contributed by atoms with E-state index < -0.39 is 0 Å². The molecule has 1 saturated carbocycles. The summed E-state index contributed by atoms with van der Waals surface area (Å²) in [6, 6.07) is 10.6. The van der Waals surface area contributed by atoms with Gasteiger partial charge in [-0.3, -0.25) is 4.84 Å². The highest BCUT2D eigenvalue weighted by molar-refractivity contribution is 14.1. The Hall–Kier alpha value is -0.470. The normalized spacial score (nSPS) is 34.3. The predicted octanol–water partition coefficient (Wildman–Crippen LogP) is 4.83. The SMILES string of the molecule is I/C=C\C1C2CCCC13CCC[C@@H](COCOCc1ccccc1)N3O2. The van der Waals surface area contributed by atoms with Crippen LogP contribution in [0.15, 0.2) is 40.5 Å². The number of halogens is 1. The maximum Gasteiger partial charge on any atom is 0.147 e. The standard InChI is InChI=1S/C21H28INO3/c22-13-10-19-20-9-5-12-21(19)11-4-8-18(23(21)26-20)15-25-16-24-14-17-6-2-1-3-7-17/h1-3,6-7,10,13,18-20H,4-5,8-9,11-12,14-16H2/b13-10-/t18-,19?,20?,21?/m0/s1. The molecule has 142 valence electrons. The van der Waals surface area contributed by atoms with E-state index in [2.05, 4.69) is 49.9 Å². The number of hydrogen-bond donors (Lipinski definition) is 0. The molecule has 2 aliphatic heterocycles. The molecule has 0 aromatic heterocycles. The summed E-state index contributed by atoms with van der Waals surface area (Å²) in [6.07, 6.45) is 10.1. The summed E-state index contributed by atoms with van der Waals surface area (Å²) in [5, 5.41) is 2.34. The molecule has 4 atom stereocenters. The summed E-state index contributed by atoms with van der Waals surface area (Å²) >= 11 is 2.34. The van der Waals surface area contributed by atoms with Crippen molar-refractivity contribution in [2.45, 2.75) is 62.8 Å². The monoisotopic (exact) mass is 469 g/mol. The summed E-state index contributed by atoms with van der Waals surface area (Å²) in [5.41, 5.74) is 1.37. The Morgan fingerprint density at radius 3 is 2.77 bits per heavy atom. The van der Waals surface area contributed by atoms with Gasteiger partial charge in [0.1, 0.15) is 6.79 Å². The van der Waals surface area contributed by atoms with Crippen molar-refractivity contribution in [3.8, 4) is 0 Å². The summed E-state index contributed by atoms with van der Waals surface area (Å²) in [5.74, 6) is 0.533. The van der Waals surface area contributed by atoms with E-state index in [9.17, 15) is 0 Å². The zero-order chi connectivity index (χ0) is 17.8. The fourth-order valence-corrected chi connectivity index (χ4v) is 5.50. The quantitative estimate of drug-likeness (QED) is 0.325. The molecule has 2 heterocycles. The highest BCUT2D eigenvalue weighted by Crippen LogP contribution is 2.53. The second-order valence-corrected chi connectivity index (χ2v) is 8.40. The molecule has 0 N–H and O–H groups in total. The molecule has 5 heteroatoms. The summed E-state index contributed by atoms with van der Waals surface area (Å²) < 4.78 is 13.7. The zero-order valence-corrected chi connectivity index (χ0v) is 17.3. The number of benzene rings is 1. The van der Waals surface area contributed by atoms with Crippen molar-refractivity contribution in [3.63, 3.8) is 0 Å². The number of hydroxylamine groups is 2. The Morgan fingerprint density at radius 2 is 1.96 bits per heavy atom. The maximum absolute atomic E-state index is 6.44. The molecule has 26 heavy (non-hydrogen) atoms. The second kappa shape index (κ2) is 8.69. The van der Waals surface area contributed by atoms with Gasteiger partial charge in [0.05, 0.1) is 30.9 Å². The van der Waals surface area contributed by atoms with Crippen molar-refractivity contribution >= 4 is 22.6 Å². The Bertz CT molecular complexity index is 607. The third kappa shape index (κ3) is 3.74. The Kier molecular flexibility index (Phi) is 6.31. The van der Waals surface area contributed by atoms with E-state index in [1.165, 1.54) is 37.7 Å². The van der Waals surface area contributed by atoms with Gasteiger partial charge in [-0.15, -0.1) is 0 Å². The molecular formula is C21H28INO3. The van der Waals surface area contributed by atoms with Crippen LogP contribution in [0, 0.1) is 5.92 Å². The topological polar surface area (TPSA) is 30.9 Å². The Labute approximate surface area is 170 Å². The van der Waals surface area contributed by atoms with Crippen molar-refractivity contribution in [2.75, 3.05) is 13.4 Å². The fraction of sp³-hybridized carbons (Fsp3) is 0.619. The smallest absolute Gasteiger partial charge is 0.147 e. The summed E-state index contributed by atoms with van der Waals surface area (Å²) in [7, 11) is 0. The number of fused-ring (bicyclic) bond motifs is 1.